The molecule has 0 saturated carbocycles. The van der Waals surface area contributed by atoms with E-state index in [1.54, 1.807) is 0 Å². The van der Waals surface area contributed by atoms with E-state index in [9.17, 15) is 4.21 Å². The van der Waals surface area contributed by atoms with Gasteiger partial charge in [0.05, 0.1) is 10.8 Å². The van der Waals surface area contributed by atoms with Crippen molar-refractivity contribution in [1.29, 1.82) is 0 Å². The first-order valence-corrected chi connectivity index (χ1v) is 8.41. The van der Waals surface area contributed by atoms with Crippen molar-refractivity contribution >= 4 is 21.6 Å². The van der Waals surface area contributed by atoms with Crippen LogP contribution in [0.4, 0.5) is 0 Å². The average Bonchev–Trinajstić information content (AvgIpc) is 2.46. The van der Waals surface area contributed by atoms with Crippen LogP contribution in [0, 0.1) is 5.41 Å². The quantitative estimate of drug-likeness (QED) is 0.881. The second kappa shape index (κ2) is 6.51. The molecule has 108 valence electrons. The molecule has 2 aromatic carbocycles. The van der Waals surface area contributed by atoms with Gasteiger partial charge in [-0.25, -0.2) is 0 Å². The lowest BCUT2D eigenvalue weighted by Crippen LogP contribution is -2.23. The number of nitrogens with two attached hydrogens (primary N) is 1. The summed E-state index contributed by atoms with van der Waals surface area (Å²) < 4.78 is 12.3. The maximum atomic E-state index is 12.3. The summed E-state index contributed by atoms with van der Waals surface area (Å²) in [6.07, 6.45) is 1.96. The summed E-state index contributed by atoms with van der Waals surface area (Å²) in [6.45, 7) is 4.99. The Kier molecular flexibility index (Phi) is 4.95. The van der Waals surface area contributed by atoms with Crippen LogP contribution in [0.3, 0.4) is 0 Å². The van der Waals surface area contributed by atoms with Gasteiger partial charge >= 0.3 is 0 Å². The largest absolute Gasteiger partial charge is 0.330 e. The van der Waals surface area contributed by atoms with Crippen LogP contribution in [0.1, 0.15) is 26.7 Å². The van der Waals surface area contributed by atoms with Crippen molar-refractivity contribution in [1.82, 2.24) is 0 Å². The molecule has 0 spiro atoms. The lowest BCUT2D eigenvalue weighted by atomic mass is 9.88. The Morgan fingerprint density at radius 3 is 2.50 bits per heavy atom. The van der Waals surface area contributed by atoms with Crippen LogP contribution in [0.25, 0.3) is 10.8 Å². The van der Waals surface area contributed by atoms with Gasteiger partial charge in [0, 0.05) is 10.6 Å². The van der Waals surface area contributed by atoms with E-state index in [-0.39, 0.29) is 5.41 Å². The highest BCUT2D eigenvalue weighted by molar-refractivity contribution is 7.85. The van der Waals surface area contributed by atoms with Gasteiger partial charge in [-0.1, -0.05) is 44.2 Å². The monoisotopic (exact) mass is 289 g/mol. The fourth-order valence-corrected chi connectivity index (χ4v) is 3.33. The molecule has 0 aromatic heterocycles. The van der Waals surface area contributed by atoms with Crippen LogP contribution in [0.15, 0.2) is 47.4 Å². The van der Waals surface area contributed by atoms with E-state index in [0.29, 0.717) is 12.3 Å². The highest BCUT2D eigenvalue weighted by Gasteiger charge is 2.15. The minimum Gasteiger partial charge on any atom is -0.330 e. The summed E-state index contributed by atoms with van der Waals surface area (Å²) in [6, 6.07) is 14.2. The lowest BCUT2D eigenvalue weighted by Gasteiger charge is -2.21. The normalized spacial score (nSPS) is 13.6. The molecule has 0 radical (unpaired) electrons. The van der Waals surface area contributed by atoms with Crippen LogP contribution in [-0.4, -0.2) is 16.5 Å². The SMILES string of the molecule is CC(C)(CN)CCCS(=O)c1ccc2ccccc2c1. The molecule has 0 fully saturated rings. The third-order valence-corrected chi connectivity index (χ3v) is 5.16. The molecule has 2 nitrogen and oxygen atoms in total. The van der Waals surface area contributed by atoms with E-state index in [4.69, 9.17) is 5.73 Å². The van der Waals surface area contributed by atoms with Gasteiger partial charge in [0.1, 0.15) is 0 Å². The second-order valence-electron chi connectivity index (χ2n) is 6.03. The van der Waals surface area contributed by atoms with Crippen molar-refractivity contribution in [3.8, 4) is 0 Å². The first-order chi connectivity index (χ1) is 9.52. The van der Waals surface area contributed by atoms with Crippen molar-refractivity contribution in [2.24, 2.45) is 11.1 Å². The molecule has 1 unspecified atom stereocenters. The summed E-state index contributed by atoms with van der Waals surface area (Å²) in [5, 5.41) is 2.35. The smallest absolute Gasteiger partial charge is 0.0529 e. The molecule has 0 aliphatic rings. The van der Waals surface area contributed by atoms with Crippen molar-refractivity contribution in [2.45, 2.75) is 31.6 Å². The zero-order valence-corrected chi connectivity index (χ0v) is 13.1. The van der Waals surface area contributed by atoms with Gasteiger partial charge in [-0.2, -0.15) is 0 Å². The maximum absolute atomic E-state index is 12.3. The van der Waals surface area contributed by atoms with Gasteiger partial charge in [-0.05, 0) is 47.7 Å². The topological polar surface area (TPSA) is 43.1 Å². The Bertz CT molecular complexity index is 607. The van der Waals surface area contributed by atoms with Gasteiger partial charge in [0.2, 0.25) is 0 Å². The van der Waals surface area contributed by atoms with Gasteiger partial charge in [-0.15, -0.1) is 0 Å². The zero-order chi connectivity index (χ0) is 14.6. The number of benzene rings is 2. The minimum absolute atomic E-state index is 0.146. The maximum Gasteiger partial charge on any atom is 0.0529 e. The Hall–Kier alpha value is -1.19. The second-order valence-corrected chi connectivity index (χ2v) is 7.60. The highest BCUT2D eigenvalue weighted by atomic mass is 32.2. The molecule has 2 rings (SSSR count). The van der Waals surface area contributed by atoms with Crippen LogP contribution in [0.5, 0.6) is 0 Å². The fourth-order valence-electron chi connectivity index (χ4n) is 2.21. The lowest BCUT2D eigenvalue weighted by molar-refractivity contribution is 0.344. The van der Waals surface area contributed by atoms with E-state index in [1.807, 2.05) is 30.3 Å². The molecular weight excluding hydrogens is 266 g/mol. The Labute approximate surface area is 123 Å². The summed E-state index contributed by atoms with van der Waals surface area (Å²) in [7, 11) is -0.917. The molecule has 0 heterocycles. The number of rotatable bonds is 6. The first-order valence-electron chi connectivity index (χ1n) is 7.09. The van der Waals surface area contributed by atoms with Crippen molar-refractivity contribution in [3.05, 3.63) is 42.5 Å². The molecular formula is C17H23NOS. The third kappa shape index (κ3) is 3.90. The van der Waals surface area contributed by atoms with E-state index >= 15 is 0 Å². The average molecular weight is 289 g/mol. The summed E-state index contributed by atoms with van der Waals surface area (Å²) in [5.74, 6) is 0.710. The molecule has 3 heteroatoms. The molecule has 0 aliphatic heterocycles. The number of hydrogen-bond donors (Lipinski definition) is 1. The molecule has 2 N–H and O–H groups in total. The Morgan fingerprint density at radius 2 is 1.80 bits per heavy atom. The highest BCUT2D eigenvalue weighted by Crippen LogP contribution is 2.22. The third-order valence-electron chi connectivity index (χ3n) is 3.72. The summed E-state index contributed by atoms with van der Waals surface area (Å²) in [4.78, 5) is 0.925. The van der Waals surface area contributed by atoms with Crippen molar-refractivity contribution < 1.29 is 4.21 Å². The van der Waals surface area contributed by atoms with E-state index in [0.717, 1.165) is 23.1 Å². The number of hydrogen-bond acceptors (Lipinski definition) is 2. The molecule has 2 aromatic rings. The molecule has 20 heavy (non-hydrogen) atoms. The Morgan fingerprint density at radius 1 is 1.10 bits per heavy atom. The van der Waals surface area contributed by atoms with Crippen molar-refractivity contribution in [2.75, 3.05) is 12.3 Å². The fraction of sp³-hybridized carbons (Fsp3) is 0.412. The summed E-state index contributed by atoms with van der Waals surface area (Å²) >= 11 is 0. The summed E-state index contributed by atoms with van der Waals surface area (Å²) in [5.41, 5.74) is 5.87. The van der Waals surface area contributed by atoms with Crippen LogP contribution in [0.2, 0.25) is 0 Å². The van der Waals surface area contributed by atoms with Crippen molar-refractivity contribution in [3.63, 3.8) is 0 Å². The standard InChI is InChI=1S/C17H23NOS/c1-17(2,13-18)10-5-11-20(19)16-9-8-14-6-3-4-7-15(14)12-16/h3-4,6-9,12H,5,10-11,13,18H2,1-2H3. The molecule has 0 aliphatic carbocycles. The van der Waals surface area contributed by atoms with E-state index in [1.165, 1.54) is 5.39 Å². The number of fused-ring (bicyclic) bond motifs is 1. The minimum atomic E-state index is -0.917. The van der Waals surface area contributed by atoms with E-state index in [2.05, 4.69) is 26.0 Å². The van der Waals surface area contributed by atoms with E-state index < -0.39 is 10.8 Å². The van der Waals surface area contributed by atoms with Gasteiger partial charge in [-0.3, -0.25) is 4.21 Å². The van der Waals surface area contributed by atoms with Gasteiger partial charge < -0.3 is 5.73 Å². The van der Waals surface area contributed by atoms with Gasteiger partial charge in [0.15, 0.2) is 0 Å². The predicted molar refractivity (Wildman–Crippen MR) is 87.3 cm³/mol. The van der Waals surface area contributed by atoms with Gasteiger partial charge in [0.25, 0.3) is 0 Å². The Balaban J connectivity index is 2.01. The molecule has 0 bridgehead atoms. The van der Waals surface area contributed by atoms with Crippen LogP contribution < -0.4 is 5.73 Å². The molecule has 1 atom stereocenters. The van der Waals surface area contributed by atoms with Crippen LogP contribution in [-0.2, 0) is 10.8 Å². The zero-order valence-electron chi connectivity index (χ0n) is 12.3. The predicted octanol–water partition coefficient (Wildman–Crippen LogP) is 3.71. The first kappa shape index (κ1) is 15.2. The molecule has 0 amide bonds. The van der Waals surface area contributed by atoms with Crippen LogP contribution >= 0.6 is 0 Å². The molecule has 0 saturated heterocycles.